The maximum atomic E-state index is 11.9. The Morgan fingerprint density at radius 3 is 2.61 bits per heavy atom. The van der Waals surface area contributed by atoms with E-state index in [1.54, 1.807) is 0 Å². The highest BCUT2D eigenvalue weighted by Crippen LogP contribution is 2.47. The van der Waals surface area contributed by atoms with Gasteiger partial charge in [0.2, 0.25) is 5.91 Å². The third-order valence-corrected chi connectivity index (χ3v) is 3.86. The second-order valence-electron chi connectivity index (χ2n) is 5.19. The van der Waals surface area contributed by atoms with Gasteiger partial charge in [-0.1, -0.05) is 6.92 Å². The zero-order valence-electron chi connectivity index (χ0n) is 11.6. The Morgan fingerprint density at radius 2 is 2.06 bits per heavy atom. The summed E-state index contributed by atoms with van der Waals surface area (Å²) in [5.41, 5.74) is 0. The minimum atomic E-state index is 0.220. The molecule has 0 aliphatic heterocycles. The van der Waals surface area contributed by atoms with Gasteiger partial charge in [-0.3, -0.25) is 4.79 Å². The van der Waals surface area contributed by atoms with E-state index in [1.165, 1.54) is 6.42 Å². The predicted molar refractivity (Wildman–Crippen MR) is 71.5 cm³/mol. The van der Waals surface area contributed by atoms with Crippen molar-refractivity contribution in [2.24, 2.45) is 5.92 Å². The number of rotatable bonds is 6. The zero-order valence-corrected chi connectivity index (χ0v) is 11.6. The lowest BCUT2D eigenvalue weighted by molar-refractivity contribution is -0.130. The number of amides is 1. The summed E-state index contributed by atoms with van der Waals surface area (Å²) in [5.74, 6) is 3.66. The molecule has 100 valence electrons. The predicted octanol–water partition coefficient (Wildman–Crippen LogP) is 3.20. The molecule has 3 heteroatoms. The first-order valence-corrected chi connectivity index (χ1v) is 7.02. The molecule has 2 unspecified atom stereocenters. The molecule has 2 rings (SSSR count). The molecule has 1 saturated carbocycles. The van der Waals surface area contributed by atoms with Gasteiger partial charge >= 0.3 is 0 Å². The minimum absolute atomic E-state index is 0.220. The molecular weight excluding hydrogens is 226 g/mol. The van der Waals surface area contributed by atoms with Crippen molar-refractivity contribution in [2.75, 3.05) is 13.1 Å². The molecule has 0 spiro atoms. The third kappa shape index (κ3) is 2.95. The molecule has 1 fully saturated rings. The van der Waals surface area contributed by atoms with Crippen LogP contribution in [0, 0.1) is 5.92 Å². The normalized spacial score (nSPS) is 21.9. The van der Waals surface area contributed by atoms with Gasteiger partial charge in [0.05, 0.1) is 0 Å². The number of carbonyl (C=O) groups excluding carboxylic acids is 1. The highest BCUT2D eigenvalue weighted by molar-refractivity contribution is 5.76. The molecule has 1 amide bonds. The van der Waals surface area contributed by atoms with Crippen LogP contribution in [-0.2, 0) is 11.2 Å². The zero-order chi connectivity index (χ0) is 13.1. The smallest absolute Gasteiger partial charge is 0.222 e. The summed E-state index contributed by atoms with van der Waals surface area (Å²) in [6.07, 6.45) is 2.51. The second kappa shape index (κ2) is 5.59. The lowest BCUT2D eigenvalue weighted by Gasteiger charge is -2.17. The summed E-state index contributed by atoms with van der Waals surface area (Å²) in [5, 5.41) is 0. The van der Waals surface area contributed by atoms with Gasteiger partial charge < -0.3 is 9.32 Å². The molecule has 18 heavy (non-hydrogen) atoms. The lowest BCUT2D eigenvalue weighted by atomic mass is 10.2. The first-order chi connectivity index (χ1) is 8.65. The Labute approximate surface area is 109 Å². The number of furan rings is 1. The summed E-state index contributed by atoms with van der Waals surface area (Å²) in [6, 6.07) is 4.10. The molecule has 2 atom stereocenters. The van der Waals surface area contributed by atoms with Gasteiger partial charge in [0.25, 0.3) is 0 Å². The minimum Gasteiger partial charge on any atom is -0.466 e. The molecule has 0 radical (unpaired) electrons. The van der Waals surface area contributed by atoms with Gasteiger partial charge in [-0.05, 0) is 38.3 Å². The van der Waals surface area contributed by atoms with E-state index in [0.717, 1.165) is 36.9 Å². The summed E-state index contributed by atoms with van der Waals surface area (Å²) in [7, 11) is 0. The fourth-order valence-corrected chi connectivity index (χ4v) is 2.41. The van der Waals surface area contributed by atoms with Crippen molar-refractivity contribution in [2.45, 2.75) is 46.0 Å². The molecule has 1 aromatic heterocycles. The molecule has 0 saturated heterocycles. The van der Waals surface area contributed by atoms with Crippen molar-refractivity contribution in [3.63, 3.8) is 0 Å². The van der Waals surface area contributed by atoms with Crippen LogP contribution in [-0.4, -0.2) is 23.9 Å². The largest absolute Gasteiger partial charge is 0.466 e. The fourth-order valence-electron chi connectivity index (χ4n) is 2.41. The Bertz CT molecular complexity index is 406. The van der Waals surface area contributed by atoms with E-state index in [1.807, 2.05) is 24.8 Å². The average molecular weight is 249 g/mol. The van der Waals surface area contributed by atoms with Gasteiger partial charge in [-0.15, -0.1) is 0 Å². The van der Waals surface area contributed by atoms with Crippen molar-refractivity contribution in [3.8, 4) is 0 Å². The topological polar surface area (TPSA) is 33.5 Å². The van der Waals surface area contributed by atoms with Crippen molar-refractivity contribution in [1.82, 2.24) is 4.90 Å². The van der Waals surface area contributed by atoms with E-state index in [2.05, 4.69) is 13.0 Å². The molecule has 1 aromatic rings. The number of nitrogens with zero attached hydrogens (tertiary/aromatic N) is 1. The molecule has 3 nitrogen and oxygen atoms in total. The molecule has 1 aliphatic rings. The van der Waals surface area contributed by atoms with Crippen LogP contribution in [0.2, 0.25) is 0 Å². The summed E-state index contributed by atoms with van der Waals surface area (Å²) >= 11 is 0. The molecule has 1 heterocycles. The Hall–Kier alpha value is -1.25. The van der Waals surface area contributed by atoms with Crippen LogP contribution in [0.3, 0.4) is 0 Å². The summed E-state index contributed by atoms with van der Waals surface area (Å²) < 4.78 is 5.80. The van der Waals surface area contributed by atoms with Gasteiger partial charge in [-0.25, -0.2) is 0 Å². The van der Waals surface area contributed by atoms with Crippen molar-refractivity contribution >= 4 is 5.91 Å². The van der Waals surface area contributed by atoms with E-state index in [4.69, 9.17) is 4.42 Å². The highest BCUT2D eigenvalue weighted by atomic mass is 16.3. The Balaban J connectivity index is 1.83. The van der Waals surface area contributed by atoms with Crippen LogP contribution < -0.4 is 0 Å². The van der Waals surface area contributed by atoms with E-state index in [-0.39, 0.29) is 5.91 Å². The van der Waals surface area contributed by atoms with Gasteiger partial charge in [0.15, 0.2) is 0 Å². The van der Waals surface area contributed by atoms with Crippen LogP contribution in [0.4, 0.5) is 0 Å². The maximum absolute atomic E-state index is 11.9. The molecule has 0 aromatic carbocycles. The molecule has 0 bridgehead atoms. The van der Waals surface area contributed by atoms with E-state index >= 15 is 0 Å². The van der Waals surface area contributed by atoms with Gasteiger partial charge in [0.1, 0.15) is 11.5 Å². The van der Waals surface area contributed by atoms with Gasteiger partial charge in [-0.2, -0.15) is 0 Å². The Morgan fingerprint density at radius 1 is 1.39 bits per heavy atom. The highest BCUT2D eigenvalue weighted by Gasteiger charge is 2.36. The van der Waals surface area contributed by atoms with Crippen LogP contribution in [0.1, 0.15) is 51.1 Å². The van der Waals surface area contributed by atoms with Crippen LogP contribution in [0.5, 0.6) is 0 Å². The number of hydrogen-bond donors (Lipinski definition) is 0. The lowest BCUT2D eigenvalue weighted by Crippen LogP contribution is -2.30. The van der Waals surface area contributed by atoms with Crippen molar-refractivity contribution < 1.29 is 9.21 Å². The Kier molecular flexibility index (Phi) is 4.10. The van der Waals surface area contributed by atoms with Crippen molar-refractivity contribution in [3.05, 3.63) is 23.7 Å². The average Bonchev–Trinajstić information content (AvgIpc) is 2.92. The third-order valence-electron chi connectivity index (χ3n) is 3.86. The van der Waals surface area contributed by atoms with Crippen LogP contribution in [0.15, 0.2) is 16.5 Å². The summed E-state index contributed by atoms with van der Waals surface area (Å²) in [6.45, 7) is 7.86. The van der Waals surface area contributed by atoms with E-state index < -0.39 is 0 Å². The molecule has 1 aliphatic carbocycles. The number of hydrogen-bond acceptors (Lipinski definition) is 2. The second-order valence-corrected chi connectivity index (χ2v) is 5.19. The quantitative estimate of drug-likeness (QED) is 0.775. The van der Waals surface area contributed by atoms with E-state index in [9.17, 15) is 4.79 Å². The first-order valence-electron chi connectivity index (χ1n) is 7.02. The maximum Gasteiger partial charge on any atom is 0.222 e. The molecular formula is C15H23NO2. The van der Waals surface area contributed by atoms with E-state index in [0.29, 0.717) is 12.3 Å². The standard InChI is InChI=1S/C15H23NO2/c1-4-16(5-2)15(17)9-7-12-6-8-14(18-12)13-10-11(13)3/h6,8,11,13H,4-5,7,9-10H2,1-3H3. The fraction of sp³-hybridized carbons (Fsp3) is 0.667. The number of carbonyl (C=O) groups is 1. The molecule has 0 N–H and O–H groups in total. The van der Waals surface area contributed by atoms with Crippen molar-refractivity contribution in [1.29, 1.82) is 0 Å². The first kappa shape index (κ1) is 13.2. The summed E-state index contributed by atoms with van der Waals surface area (Å²) in [4.78, 5) is 13.7. The number of aryl methyl sites for hydroxylation is 1. The van der Waals surface area contributed by atoms with Crippen LogP contribution >= 0.6 is 0 Å². The monoisotopic (exact) mass is 249 g/mol. The van der Waals surface area contributed by atoms with Crippen LogP contribution in [0.25, 0.3) is 0 Å². The van der Waals surface area contributed by atoms with Gasteiger partial charge in [0, 0.05) is 31.8 Å². The SMILES string of the molecule is CCN(CC)C(=O)CCc1ccc(C2CC2C)o1.